The molecule has 0 atom stereocenters. The van der Waals surface area contributed by atoms with Gasteiger partial charge in [-0.05, 0) is 18.6 Å². The second-order valence-corrected chi connectivity index (χ2v) is 4.79. The number of sulfonamides is 1. The molecule has 0 amide bonds. The van der Waals surface area contributed by atoms with Crippen molar-refractivity contribution >= 4 is 10.0 Å². The van der Waals surface area contributed by atoms with Crippen molar-refractivity contribution in [3.8, 4) is 0 Å². The van der Waals surface area contributed by atoms with Crippen LogP contribution in [0.15, 0.2) is 36.6 Å². The highest BCUT2D eigenvalue weighted by molar-refractivity contribution is 7.89. The van der Waals surface area contributed by atoms with Gasteiger partial charge in [-0.15, -0.1) is 0 Å². The minimum atomic E-state index is -4.78. The maximum atomic E-state index is 11.9. The fraction of sp³-hybridized carbons (Fsp3) is 0.333. The third-order valence-electron chi connectivity index (χ3n) is 1.36. The first-order valence-corrected chi connectivity index (χ1v) is 5.78. The van der Waals surface area contributed by atoms with Crippen LogP contribution in [0.25, 0.3) is 0 Å². The zero-order valence-corrected chi connectivity index (χ0v) is 9.45. The van der Waals surface area contributed by atoms with Crippen molar-refractivity contribution in [3.63, 3.8) is 0 Å². The lowest BCUT2D eigenvalue weighted by Gasteiger charge is -2.12. The molecular weight excluding hydrogens is 243 g/mol. The van der Waals surface area contributed by atoms with Gasteiger partial charge in [-0.25, -0.2) is 8.42 Å². The Morgan fingerprint density at radius 3 is 2.25 bits per heavy atom. The molecule has 0 fully saturated rings. The summed E-state index contributed by atoms with van der Waals surface area (Å²) in [6.07, 6.45) is -2.30. The zero-order valence-electron chi connectivity index (χ0n) is 8.63. The third-order valence-corrected chi connectivity index (χ3v) is 2.60. The minimum Gasteiger partial charge on any atom is -0.283 e. The Hall–Kier alpha value is -1.24. The molecule has 0 aromatic heterocycles. The van der Waals surface area contributed by atoms with Crippen LogP contribution in [0.5, 0.6) is 0 Å². The number of hydrogen-bond acceptors (Lipinski definition) is 2. The van der Waals surface area contributed by atoms with E-state index >= 15 is 0 Å². The van der Waals surface area contributed by atoms with Gasteiger partial charge < -0.3 is 0 Å². The lowest BCUT2D eigenvalue weighted by molar-refractivity contribution is -0.106. The summed E-state index contributed by atoms with van der Waals surface area (Å²) in [4.78, 5) is 0. The number of halogens is 3. The van der Waals surface area contributed by atoms with Crippen molar-refractivity contribution in [2.75, 3.05) is 5.75 Å². The SMILES string of the molecule is C=CC=C(NS(=O)(=O)CC(F)(F)F)C(=C)C. The molecule has 0 radical (unpaired) electrons. The molecule has 7 heteroatoms. The molecule has 1 N–H and O–H groups in total. The topological polar surface area (TPSA) is 46.2 Å². The van der Waals surface area contributed by atoms with E-state index < -0.39 is 22.0 Å². The lowest BCUT2D eigenvalue weighted by Crippen LogP contribution is -2.33. The number of rotatable bonds is 5. The Bertz CT molecular complexity index is 407. The van der Waals surface area contributed by atoms with Gasteiger partial charge in [0, 0.05) is 0 Å². The first-order valence-electron chi connectivity index (χ1n) is 4.13. The van der Waals surface area contributed by atoms with Gasteiger partial charge in [0.2, 0.25) is 10.0 Å². The van der Waals surface area contributed by atoms with Gasteiger partial charge in [0.1, 0.15) is 0 Å². The molecule has 0 aliphatic carbocycles. The summed E-state index contributed by atoms with van der Waals surface area (Å²) in [5, 5.41) is 0. The summed E-state index contributed by atoms with van der Waals surface area (Å²) < 4.78 is 59.7. The van der Waals surface area contributed by atoms with Crippen LogP contribution in [0.4, 0.5) is 13.2 Å². The van der Waals surface area contributed by atoms with E-state index in [2.05, 4.69) is 13.2 Å². The highest BCUT2D eigenvalue weighted by Gasteiger charge is 2.35. The van der Waals surface area contributed by atoms with Crippen molar-refractivity contribution in [2.24, 2.45) is 0 Å². The quantitative estimate of drug-likeness (QED) is 0.765. The van der Waals surface area contributed by atoms with E-state index in [4.69, 9.17) is 0 Å². The predicted molar refractivity (Wildman–Crippen MR) is 56.1 cm³/mol. The molecule has 3 nitrogen and oxygen atoms in total. The van der Waals surface area contributed by atoms with Gasteiger partial charge in [0.05, 0.1) is 5.70 Å². The highest BCUT2D eigenvalue weighted by Crippen LogP contribution is 2.17. The van der Waals surface area contributed by atoms with Gasteiger partial charge in [-0.2, -0.15) is 13.2 Å². The fourth-order valence-corrected chi connectivity index (χ4v) is 1.88. The molecule has 0 rings (SSSR count). The van der Waals surface area contributed by atoms with E-state index in [-0.39, 0.29) is 5.70 Å². The molecule has 0 aliphatic heterocycles. The van der Waals surface area contributed by atoms with Crippen LogP contribution < -0.4 is 4.72 Å². The molecule has 0 aromatic rings. The molecule has 92 valence electrons. The van der Waals surface area contributed by atoms with E-state index in [1.165, 1.54) is 19.1 Å². The number of alkyl halides is 3. The zero-order chi connectivity index (χ0) is 13.0. The number of allylic oxidation sites excluding steroid dienone is 3. The molecular formula is C9H12F3NO2S. The first-order chi connectivity index (χ1) is 7.07. The fourth-order valence-electron chi connectivity index (χ4n) is 0.800. The largest absolute Gasteiger partial charge is 0.404 e. The summed E-state index contributed by atoms with van der Waals surface area (Å²) in [6.45, 7) is 8.21. The Morgan fingerprint density at radius 2 is 1.94 bits per heavy atom. The summed E-state index contributed by atoms with van der Waals surface area (Å²) in [5.41, 5.74) is 0.282. The van der Waals surface area contributed by atoms with Crippen LogP contribution in [0.2, 0.25) is 0 Å². The van der Waals surface area contributed by atoms with Crippen LogP contribution in [-0.2, 0) is 10.0 Å². The molecule has 0 heterocycles. The monoisotopic (exact) mass is 255 g/mol. The molecule has 0 bridgehead atoms. The molecule has 0 saturated heterocycles. The Labute approximate surface area is 92.4 Å². The van der Waals surface area contributed by atoms with Gasteiger partial charge in [0.25, 0.3) is 0 Å². The van der Waals surface area contributed by atoms with Crippen molar-refractivity contribution in [2.45, 2.75) is 13.1 Å². The normalized spacial score (nSPS) is 13.4. The summed E-state index contributed by atoms with van der Waals surface area (Å²) in [6, 6.07) is 0. The van der Waals surface area contributed by atoms with E-state index in [1.807, 2.05) is 0 Å². The number of nitrogens with one attached hydrogen (secondary N) is 1. The van der Waals surface area contributed by atoms with Gasteiger partial charge in [0.15, 0.2) is 5.75 Å². The third kappa shape index (κ3) is 6.28. The molecule has 0 aromatic carbocycles. The summed E-state index contributed by atoms with van der Waals surface area (Å²) >= 11 is 0. The Morgan fingerprint density at radius 1 is 1.44 bits per heavy atom. The standard InChI is InChI=1S/C9H12F3NO2S/c1-4-5-8(7(2)3)13-16(14,15)6-9(10,11)12/h4-5,13H,1-2,6H2,3H3. The van der Waals surface area contributed by atoms with Crippen LogP contribution >= 0.6 is 0 Å². The van der Waals surface area contributed by atoms with Crippen molar-refractivity contribution in [3.05, 3.63) is 36.6 Å². The van der Waals surface area contributed by atoms with Gasteiger partial charge in [-0.3, -0.25) is 4.72 Å². The Kier molecular flexibility index (Phi) is 4.80. The second kappa shape index (κ2) is 5.20. The molecule has 0 unspecified atom stereocenters. The van der Waals surface area contributed by atoms with Crippen LogP contribution in [0, 0.1) is 0 Å². The first kappa shape index (κ1) is 14.8. The average Bonchev–Trinajstić information content (AvgIpc) is 1.97. The maximum Gasteiger partial charge on any atom is 0.404 e. The molecule has 16 heavy (non-hydrogen) atoms. The predicted octanol–water partition coefficient (Wildman–Crippen LogP) is 2.11. The Balaban J connectivity index is 4.89. The van der Waals surface area contributed by atoms with Crippen molar-refractivity contribution in [1.29, 1.82) is 0 Å². The summed E-state index contributed by atoms with van der Waals surface area (Å²) in [5.74, 6) is -1.93. The minimum absolute atomic E-state index is 0.0146. The van der Waals surface area contributed by atoms with Crippen LogP contribution in [-0.4, -0.2) is 20.3 Å². The smallest absolute Gasteiger partial charge is 0.283 e. The second-order valence-electron chi connectivity index (χ2n) is 3.07. The van der Waals surface area contributed by atoms with Crippen LogP contribution in [0.1, 0.15) is 6.92 Å². The van der Waals surface area contributed by atoms with E-state index in [0.29, 0.717) is 5.57 Å². The average molecular weight is 255 g/mol. The van der Waals surface area contributed by atoms with Gasteiger partial charge >= 0.3 is 6.18 Å². The number of hydrogen-bond donors (Lipinski definition) is 1. The maximum absolute atomic E-state index is 11.9. The van der Waals surface area contributed by atoms with Crippen LogP contribution in [0.3, 0.4) is 0 Å². The van der Waals surface area contributed by atoms with E-state index in [9.17, 15) is 21.6 Å². The van der Waals surface area contributed by atoms with Crippen molar-refractivity contribution in [1.82, 2.24) is 4.72 Å². The van der Waals surface area contributed by atoms with E-state index in [1.54, 1.807) is 4.72 Å². The van der Waals surface area contributed by atoms with Crippen molar-refractivity contribution < 1.29 is 21.6 Å². The summed E-state index contributed by atoms with van der Waals surface area (Å²) in [7, 11) is -4.46. The molecule has 0 aliphatic rings. The van der Waals surface area contributed by atoms with E-state index in [0.717, 1.165) is 0 Å². The molecule has 0 saturated carbocycles. The highest BCUT2D eigenvalue weighted by atomic mass is 32.2. The molecule has 0 spiro atoms. The lowest BCUT2D eigenvalue weighted by atomic mass is 10.2. The van der Waals surface area contributed by atoms with Gasteiger partial charge in [-0.1, -0.05) is 19.2 Å².